The predicted octanol–water partition coefficient (Wildman–Crippen LogP) is 1.31. The summed E-state index contributed by atoms with van der Waals surface area (Å²) in [6, 6.07) is 3.99. The highest BCUT2D eigenvalue weighted by molar-refractivity contribution is 7.84. The van der Waals surface area contributed by atoms with Crippen molar-refractivity contribution in [2.24, 2.45) is 0 Å². The van der Waals surface area contributed by atoms with Crippen LogP contribution in [0.4, 0.5) is 10.1 Å². The van der Waals surface area contributed by atoms with E-state index in [1.54, 1.807) is 6.26 Å². The fourth-order valence-corrected chi connectivity index (χ4v) is 1.61. The van der Waals surface area contributed by atoms with E-state index in [0.717, 1.165) is 6.07 Å². The highest BCUT2D eigenvalue weighted by atomic mass is 32.2. The third kappa shape index (κ3) is 3.30. The van der Waals surface area contributed by atoms with Crippen LogP contribution in [0.1, 0.15) is 10.4 Å². The first kappa shape index (κ1) is 12.6. The Balaban J connectivity index is 2.83. The molecule has 1 aromatic carbocycles. The molecule has 0 aromatic heterocycles. The molecule has 1 atom stereocenters. The summed E-state index contributed by atoms with van der Waals surface area (Å²) in [5, 5.41) is 11.6. The zero-order valence-electron chi connectivity index (χ0n) is 8.70. The number of aromatic carboxylic acids is 1. The van der Waals surface area contributed by atoms with E-state index in [9.17, 15) is 13.4 Å². The van der Waals surface area contributed by atoms with E-state index in [1.807, 2.05) is 0 Å². The van der Waals surface area contributed by atoms with Crippen molar-refractivity contribution in [3.05, 3.63) is 29.6 Å². The number of halogens is 1. The quantitative estimate of drug-likeness (QED) is 0.821. The first-order valence-corrected chi connectivity index (χ1v) is 6.31. The van der Waals surface area contributed by atoms with Crippen LogP contribution in [0.2, 0.25) is 0 Å². The van der Waals surface area contributed by atoms with Crippen LogP contribution in [-0.2, 0) is 10.8 Å². The number of carbonyl (C=O) groups is 1. The van der Waals surface area contributed by atoms with Crippen molar-refractivity contribution >= 4 is 22.5 Å². The smallest absolute Gasteiger partial charge is 0.340 e. The van der Waals surface area contributed by atoms with Crippen LogP contribution in [0.5, 0.6) is 0 Å². The van der Waals surface area contributed by atoms with Gasteiger partial charge in [-0.15, -0.1) is 0 Å². The number of nitrogens with one attached hydrogen (secondary N) is 1. The number of carboxylic acids is 1. The lowest BCUT2D eigenvalue weighted by Gasteiger charge is -2.09. The number of benzene rings is 1. The van der Waals surface area contributed by atoms with E-state index in [2.05, 4.69) is 5.32 Å². The molecule has 4 nitrogen and oxygen atoms in total. The van der Waals surface area contributed by atoms with Crippen molar-refractivity contribution in [2.45, 2.75) is 0 Å². The van der Waals surface area contributed by atoms with Crippen LogP contribution in [-0.4, -0.2) is 33.8 Å². The van der Waals surface area contributed by atoms with Crippen molar-refractivity contribution < 1.29 is 18.5 Å². The molecule has 1 aromatic rings. The van der Waals surface area contributed by atoms with Gasteiger partial charge in [-0.3, -0.25) is 4.21 Å². The van der Waals surface area contributed by atoms with Gasteiger partial charge in [-0.1, -0.05) is 6.07 Å². The molecule has 6 heteroatoms. The van der Waals surface area contributed by atoms with E-state index >= 15 is 0 Å². The zero-order chi connectivity index (χ0) is 12.1. The van der Waals surface area contributed by atoms with Gasteiger partial charge in [0.15, 0.2) is 0 Å². The minimum absolute atomic E-state index is 0.206. The van der Waals surface area contributed by atoms with Crippen LogP contribution in [0.25, 0.3) is 0 Å². The third-order valence-electron chi connectivity index (χ3n) is 1.93. The van der Waals surface area contributed by atoms with Gasteiger partial charge < -0.3 is 10.4 Å². The minimum Gasteiger partial charge on any atom is -0.478 e. The summed E-state index contributed by atoms with van der Waals surface area (Å²) in [6.45, 7) is 0.340. The zero-order valence-corrected chi connectivity index (χ0v) is 9.51. The number of carboxylic acid groups (broad SMARTS) is 1. The summed E-state index contributed by atoms with van der Waals surface area (Å²) in [6.07, 6.45) is 1.55. The summed E-state index contributed by atoms with van der Waals surface area (Å²) >= 11 is 0. The van der Waals surface area contributed by atoms with E-state index in [4.69, 9.17) is 5.11 Å². The first-order valence-electron chi connectivity index (χ1n) is 4.58. The van der Waals surface area contributed by atoms with Crippen LogP contribution in [0, 0.1) is 5.82 Å². The van der Waals surface area contributed by atoms with Gasteiger partial charge in [0.2, 0.25) is 0 Å². The second-order valence-corrected chi connectivity index (χ2v) is 4.73. The van der Waals surface area contributed by atoms with Crippen LogP contribution in [0.15, 0.2) is 18.2 Å². The molecule has 0 aliphatic heterocycles. The van der Waals surface area contributed by atoms with Gasteiger partial charge in [-0.25, -0.2) is 9.18 Å². The molecule has 0 fully saturated rings. The molecular weight excluding hydrogens is 233 g/mol. The van der Waals surface area contributed by atoms with Gasteiger partial charge in [0.05, 0.1) is 5.69 Å². The molecular formula is C10H12FNO3S. The van der Waals surface area contributed by atoms with Crippen molar-refractivity contribution in [3.63, 3.8) is 0 Å². The van der Waals surface area contributed by atoms with Gasteiger partial charge >= 0.3 is 5.97 Å². The van der Waals surface area contributed by atoms with Crippen molar-refractivity contribution in [1.82, 2.24) is 0 Å². The summed E-state index contributed by atoms with van der Waals surface area (Å²) in [5.41, 5.74) is -0.178. The molecule has 0 saturated carbocycles. The van der Waals surface area contributed by atoms with Gasteiger partial charge in [0, 0.05) is 29.4 Å². The third-order valence-corrected chi connectivity index (χ3v) is 2.71. The van der Waals surface area contributed by atoms with Crippen molar-refractivity contribution in [3.8, 4) is 0 Å². The second kappa shape index (κ2) is 5.60. The Hall–Kier alpha value is -1.43. The van der Waals surface area contributed by atoms with Gasteiger partial charge in [0.25, 0.3) is 0 Å². The molecule has 0 spiro atoms. The molecule has 2 N–H and O–H groups in total. The predicted molar refractivity (Wildman–Crippen MR) is 60.8 cm³/mol. The highest BCUT2D eigenvalue weighted by Crippen LogP contribution is 2.18. The highest BCUT2D eigenvalue weighted by Gasteiger charge is 2.14. The van der Waals surface area contributed by atoms with Gasteiger partial charge in [-0.05, 0) is 12.1 Å². The Morgan fingerprint density at radius 3 is 2.81 bits per heavy atom. The second-order valence-electron chi connectivity index (χ2n) is 3.17. The molecule has 0 radical (unpaired) electrons. The number of hydrogen-bond acceptors (Lipinski definition) is 3. The topological polar surface area (TPSA) is 66.4 Å². The average Bonchev–Trinajstić information content (AvgIpc) is 2.16. The molecule has 88 valence electrons. The number of anilines is 1. The lowest BCUT2D eigenvalue weighted by atomic mass is 10.1. The van der Waals surface area contributed by atoms with Crippen LogP contribution >= 0.6 is 0 Å². The molecule has 0 aliphatic carbocycles. The summed E-state index contributed by atoms with van der Waals surface area (Å²) in [5.74, 6) is -1.72. The Bertz CT molecular complexity index is 423. The standard InChI is InChI=1S/C10H12FNO3S/c1-16(15)6-5-12-8-4-2-3-7(11)9(8)10(13)14/h2-4,12H,5-6H2,1H3,(H,13,14). The Morgan fingerprint density at radius 2 is 2.25 bits per heavy atom. The monoisotopic (exact) mass is 245 g/mol. The van der Waals surface area contributed by atoms with Crippen molar-refractivity contribution in [1.29, 1.82) is 0 Å². The molecule has 1 rings (SSSR count). The molecule has 0 bridgehead atoms. The Morgan fingerprint density at radius 1 is 1.56 bits per heavy atom. The SMILES string of the molecule is CS(=O)CCNc1cccc(F)c1C(=O)O. The summed E-state index contributed by atoms with van der Waals surface area (Å²) < 4.78 is 24.0. The largest absolute Gasteiger partial charge is 0.478 e. The Kier molecular flexibility index (Phi) is 4.42. The van der Waals surface area contributed by atoms with E-state index in [-0.39, 0.29) is 11.3 Å². The fraction of sp³-hybridized carbons (Fsp3) is 0.300. The normalized spacial score (nSPS) is 12.1. The lowest BCUT2D eigenvalue weighted by molar-refractivity contribution is 0.0693. The average molecular weight is 245 g/mol. The Labute approximate surface area is 94.9 Å². The van der Waals surface area contributed by atoms with Crippen LogP contribution in [0.3, 0.4) is 0 Å². The minimum atomic E-state index is -1.32. The molecule has 0 amide bonds. The fourth-order valence-electron chi connectivity index (χ4n) is 1.22. The van der Waals surface area contributed by atoms with E-state index in [1.165, 1.54) is 12.1 Å². The van der Waals surface area contributed by atoms with E-state index in [0.29, 0.717) is 12.3 Å². The molecule has 16 heavy (non-hydrogen) atoms. The maximum Gasteiger partial charge on any atom is 0.340 e. The maximum atomic E-state index is 13.2. The number of hydrogen-bond donors (Lipinski definition) is 2. The molecule has 0 heterocycles. The molecule has 1 unspecified atom stereocenters. The van der Waals surface area contributed by atoms with Crippen molar-refractivity contribution in [2.75, 3.05) is 23.9 Å². The molecule has 0 saturated heterocycles. The number of rotatable bonds is 5. The van der Waals surface area contributed by atoms with Gasteiger partial charge in [0.1, 0.15) is 11.4 Å². The maximum absolute atomic E-state index is 13.2. The summed E-state index contributed by atoms with van der Waals surface area (Å²) in [4.78, 5) is 10.8. The van der Waals surface area contributed by atoms with E-state index < -0.39 is 22.6 Å². The van der Waals surface area contributed by atoms with Gasteiger partial charge in [-0.2, -0.15) is 0 Å². The summed E-state index contributed by atoms with van der Waals surface area (Å²) in [7, 11) is -0.966. The molecule has 0 aliphatic rings. The lowest BCUT2D eigenvalue weighted by Crippen LogP contribution is -2.13. The first-order chi connectivity index (χ1) is 7.52. The van der Waals surface area contributed by atoms with Crippen LogP contribution < -0.4 is 5.32 Å².